The number of aliphatic carboxylic acids is 1. The molecule has 39 heavy (non-hydrogen) atoms. The van der Waals surface area contributed by atoms with Crippen molar-refractivity contribution in [2.24, 2.45) is 0 Å². The highest BCUT2D eigenvalue weighted by Gasteiger charge is 2.32. The molecule has 0 saturated heterocycles. The summed E-state index contributed by atoms with van der Waals surface area (Å²) in [5.41, 5.74) is 1.09. The second-order valence-corrected chi connectivity index (χ2v) is 8.11. The van der Waals surface area contributed by atoms with E-state index in [0.29, 0.717) is 17.1 Å². The first-order valence-electron chi connectivity index (χ1n) is 11.5. The molecule has 4 aromatic rings. The summed E-state index contributed by atoms with van der Waals surface area (Å²) in [7, 11) is 0. The molecule has 14 heteroatoms. The number of nitrogens with zero attached hydrogens (tertiary/aromatic N) is 3. The Hall–Kier alpha value is -5.14. The van der Waals surface area contributed by atoms with Gasteiger partial charge in [0.1, 0.15) is 6.04 Å². The first-order chi connectivity index (χ1) is 18.6. The van der Waals surface area contributed by atoms with Crippen LogP contribution in [0.5, 0.6) is 5.75 Å². The summed E-state index contributed by atoms with van der Waals surface area (Å²) >= 11 is 0. The maximum atomic E-state index is 12.7. The minimum absolute atomic E-state index is 0.140. The number of para-hydroxylation sites is 2. The van der Waals surface area contributed by atoms with Crippen molar-refractivity contribution in [2.45, 2.75) is 25.7 Å². The summed E-state index contributed by atoms with van der Waals surface area (Å²) in [4.78, 5) is 36.3. The molecule has 0 fully saturated rings. The minimum atomic E-state index is -4.92. The molecule has 4 N–H and O–H groups in total. The van der Waals surface area contributed by atoms with E-state index in [-0.39, 0.29) is 23.3 Å². The molecule has 2 heterocycles. The van der Waals surface area contributed by atoms with Crippen molar-refractivity contribution < 1.29 is 37.4 Å². The number of carboxylic acid groups (broad SMARTS) is 1. The van der Waals surface area contributed by atoms with Crippen LogP contribution >= 0.6 is 0 Å². The maximum absolute atomic E-state index is 12.7. The van der Waals surface area contributed by atoms with E-state index in [1.807, 2.05) is 0 Å². The summed E-state index contributed by atoms with van der Waals surface area (Å²) < 4.78 is 43.3. The second kappa shape index (κ2) is 11.1. The van der Waals surface area contributed by atoms with Gasteiger partial charge in [-0.3, -0.25) is 9.20 Å². The van der Waals surface area contributed by atoms with Crippen LogP contribution in [0.25, 0.3) is 17.0 Å². The van der Waals surface area contributed by atoms with Gasteiger partial charge in [0.15, 0.2) is 17.2 Å². The van der Waals surface area contributed by atoms with Gasteiger partial charge in [0.2, 0.25) is 0 Å². The highest BCUT2D eigenvalue weighted by atomic mass is 19.4. The number of urea groups is 1. The van der Waals surface area contributed by atoms with Crippen molar-refractivity contribution in [1.29, 1.82) is 0 Å². The summed E-state index contributed by atoms with van der Waals surface area (Å²) in [5, 5.41) is 24.7. The van der Waals surface area contributed by atoms with Crippen molar-refractivity contribution in [1.82, 2.24) is 19.9 Å². The van der Waals surface area contributed by atoms with E-state index in [9.17, 15) is 32.7 Å². The van der Waals surface area contributed by atoms with Crippen LogP contribution in [-0.2, 0) is 4.79 Å². The molecular formula is C25H21F3N6O5. The fraction of sp³-hybridized carbons (Fsp3) is 0.160. The van der Waals surface area contributed by atoms with Crippen molar-refractivity contribution in [3.05, 3.63) is 72.4 Å². The number of anilines is 2. The highest BCUT2D eigenvalue weighted by Crippen LogP contribution is 2.30. The van der Waals surface area contributed by atoms with Crippen molar-refractivity contribution >= 4 is 34.9 Å². The minimum Gasteiger partial charge on any atom is -0.480 e. The van der Waals surface area contributed by atoms with Crippen LogP contribution in [0.4, 0.5) is 29.3 Å². The molecule has 11 nitrogen and oxygen atoms in total. The van der Waals surface area contributed by atoms with Crippen LogP contribution in [0.2, 0.25) is 0 Å². The monoisotopic (exact) mass is 542 g/mol. The van der Waals surface area contributed by atoms with Crippen LogP contribution in [0.3, 0.4) is 0 Å². The number of carbonyl (C=O) groups excluding carboxylic acids is 2. The Balaban J connectivity index is 1.49. The van der Waals surface area contributed by atoms with Gasteiger partial charge in [-0.1, -0.05) is 19.1 Å². The fourth-order valence-corrected chi connectivity index (χ4v) is 3.64. The molecule has 202 valence electrons. The van der Waals surface area contributed by atoms with Gasteiger partial charge in [-0.05, 0) is 55.0 Å². The average Bonchev–Trinajstić information content (AvgIpc) is 3.32. The number of carboxylic acids is 1. The summed E-state index contributed by atoms with van der Waals surface area (Å²) in [6.07, 6.45) is -3.08. The number of hydrogen-bond donors (Lipinski definition) is 4. The average molecular weight is 542 g/mol. The number of carbonyl (C=O) groups is 3. The standard InChI is InChI=1S/C25H21F3N6O5/c1-2-17(23(36)37)30-22(35)16-6-5-13-34-20(32-33-21(16)34)14-9-11-15(12-10-14)29-24(38)31-18-7-3-4-8-19(18)39-25(26,27)28/h3-13,17H,2H2,1H3,(H,30,35)(H,36,37)(H2,29,31,38)/t17-/m0/s1. The number of halogens is 3. The number of aromatic nitrogens is 3. The van der Waals surface area contributed by atoms with Crippen LogP contribution in [-0.4, -0.2) is 50.0 Å². The number of ether oxygens (including phenoxy) is 1. The molecule has 4 rings (SSSR count). The quantitative estimate of drug-likeness (QED) is 0.256. The van der Waals surface area contributed by atoms with E-state index < -0.39 is 36.1 Å². The van der Waals surface area contributed by atoms with Gasteiger partial charge in [-0.25, -0.2) is 9.59 Å². The number of amides is 3. The maximum Gasteiger partial charge on any atom is 0.573 e. The SMILES string of the molecule is CC[C@H](NC(=O)c1cccn2c(-c3ccc(NC(=O)Nc4ccccc4OC(F)(F)F)cc3)nnc12)C(=O)O. The lowest BCUT2D eigenvalue weighted by Gasteiger charge is -2.14. The van der Waals surface area contributed by atoms with E-state index in [4.69, 9.17) is 0 Å². The molecule has 0 aliphatic rings. The van der Waals surface area contributed by atoms with Crippen LogP contribution in [0, 0.1) is 0 Å². The number of nitrogens with one attached hydrogen (secondary N) is 3. The van der Waals surface area contributed by atoms with E-state index in [0.717, 1.165) is 6.07 Å². The molecule has 0 saturated carbocycles. The molecule has 3 amide bonds. The molecule has 0 unspecified atom stereocenters. The Bertz CT molecular complexity index is 1520. The largest absolute Gasteiger partial charge is 0.573 e. The van der Waals surface area contributed by atoms with Gasteiger partial charge in [-0.2, -0.15) is 0 Å². The van der Waals surface area contributed by atoms with E-state index >= 15 is 0 Å². The Morgan fingerprint density at radius 2 is 1.72 bits per heavy atom. The van der Waals surface area contributed by atoms with E-state index in [1.165, 1.54) is 24.3 Å². The normalized spacial score (nSPS) is 12.0. The Morgan fingerprint density at radius 3 is 2.38 bits per heavy atom. The first kappa shape index (κ1) is 26.9. The molecule has 2 aromatic heterocycles. The first-order valence-corrected chi connectivity index (χ1v) is 11.5. The van der Waals surface area contributed by atoms with E-state index in [1.54, 1.807) is 47.9 Å². The smallest absolute Gasteiger partial charge is 0.480 e. The van der Waals surface area contributed by atoms with Crippen LogP contribution < -0.4 is 20.7 Å². The number of pyridine rings is 1. The molecule has 0 spiro atoms. The molecule has 0 aliphatic heterocycles. The van der Waals surface area contributed by atoms with Crippen LogP contribution in [0.1, 0.15) is 23.7 Å². The molecular weight excluding hydrogens is 521 g/mol. The van der Waals surface area contributed by atoms with Gasteiger partial charge < -0.3 is 25.8 Å². The van der Waals surface area contributed by atoms with E-state index in [2.05, 4.69) is 30.9 Å². The third kappa shape index (κ3) is 6.41. The molecule has 0 bridgehead atoms. The predicted molar refractivity (Wildman–Crippen MR) is 133 cm³/mol. The van der Waals surface area contributed by atoms with Gasteiger partial charge in [-0.15, -0.1) is 23.4 Å². The lowest BCUT2D eigenvalue weighted by Crippen LogP contribution is -2.40. The number of alkyl halides is 3. The zero-order valence-corrected chi connectivity index (χ0v) is 20.2. The predicted octanol–water partition coefficient (Wildman–Crippen LogP) is 4.53. The van der Waals surface area contributed by atoms with Crippen LogP contribution in [0.15, 0.2) is 66.9 Å². The molecule has 1 atom stereocenters. The zero-order chi connectivity index (χ0) is 28.2. The van der Waals surface area contributed by atoms with Crippen molar-refractivity contribution in [2.75, 3.05) is 10.6 Å². The van der Waals surface area contributed by atoms with Crippen molar-refractivity contribution in [3.8, 4) is 17.1 Å². The third-order valence-electron chi connectivity index (χ3n) is 5.45. The summed E-state index contributed by atoms with van der Waals surface area (Å²) in [6, 6.07) is 12.7. The lowest BCUT2D eigenvalue weighted by atomic mass is 10.1. The molecule has 2 aromatic carbocycles. The highest BCUT2D eigenvalue weighted by molar-refractivity contribution is 6.02. The number of benzene rings is 2. The molecule has 0 aliphatic carbocycles. The number of hydrogen-bond acceptors (Lipinski definition) is 6. The lowest BCUT2D eigenvalue weighted by molar-refractivity contribution is -0.274. The summed E-state index contributed by atoms with van der Waals surface area (Å²) in [5.74, 6) is -1.95. The fourth-order valence-electron chi connectivity index (χ4n) is 3.64. The molecule has 0 radical (unpaired) electrons. The van der Waals surface area contributed by atoms with Gasteiger partial charge in [0, 0.05) is 17.4 Å². The zero-order valence-electron chi connectivity index (χ0n) is 20.2. The van der Waals surface area contributed by atoms with Gasteiger partial charge >= 0.3 is 18.4 Å². The van der Waals surface area contributed by atoms with Crippen molar-refractivity contribution in [3.63, 3.8) is 0 Å². The second-order valence-electron chi connectivity index (χ2n) is 8.11. The summed E-state index contributed by atoms with van der Waals surface area (Å²) in [6.45, 7) is 1.64. The van der Waals surface area contributed by atoms with Gasteiger partial charge in [0.05, 0.1) is 11.3 Å². The Morgan fingerprint density at radius 1 is 1.00 bits per heavy atom. The third-order valence-corrected chi connectivity index (χ3v) is 5.45. The Kier molecular flexibility index (Phi) is 7.65. The number of rotatable bonds is 8. The topological polar surface area (TPSA) is 147 Å². The number of fused-ring (bicyclic) bond motifs is 1. The Labute approximate surface area is 218 Å². The van der Waals surface area contributed by atoms with Gasteiger partial charge in [0.25, 0.3) is 5.91 Å².